The third-order valence-electron chi connectivity index (χ3n) is 4.57. The second-order valence-corrected chi connectivity index (χ2v) is 8.43. The van der Waals surface area contributed by atoms with Gasteiger partial charge in [0.25, 0.3) is 0 Å². The van der Waals surface area contributed by atoms with E-state index >= 15 is 0 Å². The lowest BCUT2D eigenvalue weighted by atomic mass is 10.2. The SMILES string of the molecule is CCN(Cc1nc(-c2ccc(OC)cc2)oc1C)S(=O)(=O)c1ccc(C)cc1. The van der Waals surface area contributed by atoms with Crippen molar-refractivity contribution in [3.8, 4) is 17.2 Å². The van der Waals surface area contributed by atoms with E-state index in [1.807, 2.05) is 38.1 Å². The number of ether oxygens (including phenoxy) is 1. The van der Waals surface area contributed by atoms with Gasteiger partial charge in [-0.25, -0.2) is 13.4 Å². The molecule has 0 aliphatic heterocycles. The normalized spacial score (nSPS) is 11.8. The summed E-state index contributed by atoms with van der Waals surface area (Å²) in [7, 11) is -2.00. The number of hydrogen-bond acceptors (Lipinski definition) is 5. The molecule has 7 heteroatoms. The molecule has 0 aliphatic carbocycles. The van der Waals surface area contributed by atoms with E-state index in [0.717, 1.165) is 16.9 Å². The minimum absolute atomic E-state index is 0.151. The minimum atomic E-state index is -3.61. The lowest BCUT2D eigenvalue weighted by molar-refractivity contribution is 0.415. The van der Waals surface area contributed by atoms with Crippen LogP contribution in [-0.2, 0) is 16.6 Å². The van der Waals surface area contributed by atoms with Crippen LogP contribution in [0.4, 0.5) is 0 Å². The Morgan fingerprint density at radius 1 is 1.04 bits per heavy atom. The van der Waals surface area contributed by atoms with Gasteiger partial charge in [0.15, 0.2) is 0 Å². The topological polar surface area (TPSA) is 72.6 Å². The van der Waals surface area contributed by atoms with Crippen molar-refractivity contribution in [2.75, 3.05) is 13.7 Å². The molecule has 6 nitrogen and oxygen atoms in total. The Bertz CT molecular complexity index is 1040. The summed E-state index contributed by atoms with van der Waals surface area (Å²) in [5.41, 5.74) is 2.42. The fraction of sp³-hybridized carbons (Fsp3) is 0.286. The van der Waals surface area contributed by atoms with Gasteiger partial charge in [0.05, 0.1) is 24.2 Å². The molecule has 0 atom stereocenters. The number of nitrogens with zero attached hydrogens (tertiary/aromatic N) is 2. The summed E-state index contributed by atoms with van der Waals surface area (Å²) in [6.45, 7) is 6.01. The van der Waals surface area contributed by atoms with E-state index in [1.165, 1.54) is 4.31 Å². The predicted octanol–water partition coefficient (Wildman–Crippen LogP) is 4.18. The fourth-order valence-electron chi connectivity index (χ4n) is 2.82. The van der Waals surface area contributed by atoms with E-state index in [1.54, 1.807) is 38.3 Å². The summed E-state index contributed by atoms with van der Waals surface area (Å²) in [5.74, 6) is 1.80. The smallest absolute Gasteiger partial charge is 0.243 e. The molecular weight excluding hydrogens is 376 g/mol. The Morgan fingerprint density at radius 3 is 2.25 bits per heavy atom. The maximum atomic E-state index is 13.0. The predicted molar refractivity (Wildman–Crippen MR) is 108 cm³/mol. The van der Waals surface area contributed by atoms with Crippen LogP contribution in [0, 0.1) is 13.8 Å². The zero-order valence-electron chi connectivity index (χ0n) is 16.5. The number of sulfonamides is 1. The molecule has 0 bridgehead atoms. The number of methoxy groups -OCH3 is 1. The van der Waals surface area contributed by atoms with E-state index in [9.17, 15) is 8.42 Å². The van der Waals surface area contributed by atoms with Crippen LogP contribution in [0.5, 0.6) is 5.75 Å². The van der Waals surface area contributed by atoms with Gasteiger partial charge < -0.3 is 9.15 Å². The monoisotopic (exact) mass is 400 g/mol. The highest BCUT2D eigenvalue weighted by molar-refractivity contribution is 7.89. The molecule has 3 rings (SSSR count). The molecule has 0 radical (unpaired) electrons. The second-order valence-electron chi connectivity index (χ2n) is 6.49. The van der Waals surface area contributed by atoms with Gasteiger partial charge in [-0.3, -0.25) is 0 Å². The maximum absolute atomic E-state index is 13.0. The molecular formula is C21H24N2O4S. The zero-order valence-corrected chi connectivity index (χ0v) is 17.3. The molecule has 3 aromatic rings. The number of aromatic nitrogens is 1. The second kappa shape index (κ2) is 8.16. The molecule has 0 aliphatic rings. The van der Waals surface area contributed by atoms with Gasteiger partial charge in [-0.15, -0.1) is 0 Å². The first-order valence-corrected chi connectivity index (χ1v) is 10.5. The summed E-state index contributed by atoms with van der Waals surface area (Å²) >= 11 is 0. The van der Waals surface area contributed by atoms with Crippen LogP contribution < -0.4 is 4.74 Å². The van der Waals surface area contributed by atoms with Crippen molar-refractivity contribution in [3.05, 3.63) is 65.5 Å². The summed E-state index contributed by atoms with van der Waals surface area (Å²) in [5, 5.41) is 0. The van der Waals surface area contributed by atoms with Crippen LogP contribution >= 0.6 is 0 Å². The first-order chi connectivity index (χ1) is 13.3. The Labute approximate surface area is 165 Å². The van der Waals surface area contributed by atoms with Gasteiger partial charge in [0, 0.05) is 12.1 Å². The van der Waals surface area contributed by atoms with Gasteiger partial charge in [0.1, 0.15) is 11.5 Å². The van der Waals surface area contributed by atoms with Gasteiger partial charge in [-0.05, 0) is 50.2 Å². The zero-order chi connectivity index (χ0) is 20.3. The van der Waals surface area contributed by atoms with Gasteiger partial charge in [0.2, 0.25) is 15.9 Å². The molecule has 1 heterocycles. The fourth-order valence-corrected chi connectivity index (χ4v) is 4.24. The lowest BCUT2D eigenvalue weighted by Gasteiger charge is -2.19. The Morgan fingerprint density at radius 2 is 1.68 bits per heavy atom. The first kappa shape index (κ1) is 20.1. The maximum Gasteiger partial charge on any atom is 0.243 e. The van der Waals surface area contributed by atoms with Crippen molar-refractivity contribution >= 4 is 10.0 Å². The highest BCUT2D eigenvalue weighted by Crippen LogP contribution is 2.26. The Hall–Kier alpha value is -2.64. The molecule has 2 aromatic carbocycles. The highest BCUT2D eigenvalue weighted by atomic mass is 32.2. The Balaban J connectivity index is 1.86. The molecule has 0 N–H and O–H groups in total. The van der Waals surface area contributed by atoms with Gasteiger partial charge >= 0.3 is 0 Å². The average Bonchev–Trinajstić information content (AvgIpc) is 3.06. The van der Waals surface area contributed by atoms with E-state index in [4.69, 9.17) is 9.15 Å². The molecule has 0 amide bonds. The quantitative estimate of drug-likeness (QED) is 0.595. The first-order valence-electron chi connectivity index (χ1n) is 9.02. The van der Waals surface area contributed by atoms with Crippen molar-refractivity contribution in [3.63, 3.8) is 0 Å². The van der Waals surface area contributed by atoms with Crippen LogP contribution in [0.25, 0.3) is 11.5 Å². The number of benzene rings is 2. The molecule has 148 valence electrons. The van der Waals surface area contributed by atoms with E-state index in [-0.39, 0.29) is 11.4 Å². The molecule has 28 heavy (non-hydrogen) atoms. The van der Waals surface area contributed by atoms with Gasteiger partial charge in [-0.2, -0.15) is 4.31 Å². The van der Waals surface area contributed by atoms with Crippen LogP contribution in [0.2, 0.25) is 0 Å². The third-order valence-corrected chi connectivity index (χ3v) is 6.50. The van der Waals surface area contributed by atoms with Crippen molar-refractivity contribution < 1.29 is 17.6 Å². The van der Waals surface area contributed by atoms with Crippen molar-refractivity contribution in [1.29, 1.82) is 0 Å². The third kappa shape index (κ3) is 4.10. The van der Waals surface area contributed by atoms with Crippen molar-refractivity contribution in [1.82, 2.24) is 9.29 Å². The van der Waals surface area contributed by atoms with Crippen LogP contribution in [0.15, 0.2) is 57.8 Å². The highest BCUT2D eigenvalue weighted by Gasteiger charge is 2.25. The Kier molecular flexibility index (Phi) is 5.86. The van der Waals surface area contributed by atoms with Crippen molar-refractivity contribution in [2.45, 2.75) is 32.2 Å². The molecule has 0 spiro atoms. The van der Waals surface area contributed by atoms with Crippen molar-refractivity contribution in [2.24, 2.45) is 0 Å². The van der Waals surface area contributed by atoms with Crippen LogP contribution in [0.3, 0.4) is 0 Å². The molecule has 0 saturated heterocycles. The number of oxazole rings is 1. The number of hydrogen-bond donors (Lipinski definition) is 0. The number of rotatable bonds is 7. The standard InChI is InChI=1S/C21H24N2O4S/c1-5-23(28(24,25)19-12-6-15(2)7-13-19)14-20-16(3)27-21(22-20)17-8-10-18(26-4)11-9-17/h6-13H,5,14H2,1-4H3. The van der Waals surface area contributed by atoms with E-state index in [0.29, 0.717) is 23.9 Å². The van der Waals surface area contributed by atoms with Gasteiger partial charge in [-0.1, -0.05) is 24.6 Å². The summed E-state index contributed by atoms with van der Waals surface area (Å²) in [6, 6.07) is 14.2. The average molecular weight is 401 g/mol. The molecule has 0 unspecified atom stereocenters. The largest absolute Gasteiger partial charge is 0.497 e. The molecule has 0 fully saturated rings. The van der Waals surface area contributed by atoms with E-state index in [2.05, 4.69) is 4.98 Å². The molecule has 0 saturated carbocycles. The molecule has 1 aromatic heterocycles. The lowest BCUT2D eigenvalue weighted by Crippen LogP contribution is -2.30. The van der Waals surface area contributed by atoms with E-state index < -0.39 is 10.0 Å². The summed E-state index contributed by atoms with van der Waals surface area (Å²) < 4.78 is 38.3. The number of aryl methyl sites for hydroxylation is 2. The summed E-state index contributed by atoms with van der Waals surface area (Å²) in [4.78, 5) is 4.81. The summed E-state index contributed by atoms with van der Waals surface area (Å²) in [6.07, 6.45) is 0. The van der Waals surface area contributed by atoms with Crippen LogP contribution in [-0.4, -0.2) is 31.4 Å². The van der Waals surface area contributed by atoms with Crippen LogP contribution in [0.1, 0.15) is 23.9 Å². The minimum Gasteiger partial charge on any atom is -0.497 e.